The lowest BCUT2D eigenvalue weighted by molar-refractivity contribution is -0.375. The predicted molar refractivity (Wildman–Crippen MR) is 54.6 cm³/mol. The van der Waals surface area contributed by atoms with Crippen LogP contribution in [0.15, 0.2) is 0 Å². The molecule has 21 heavy (non-hydrogen) atoms. The first-order valence-electron chi connectivity index (χ1n) is 5.95. The van der Waals surface area contributed by atoms with Crippen molar-refractivity contribution in [2.24, 2.45) is 5.73 Å². The molecule has 2 fully saturated rings. The minimum atomic E-state index is -5.40. The van der Waals surface area contributed by atoms with Gasteiger partial charge >= 0.3 is 18.4 Å². The number of hydrogen-bond acceptors (Lipinski definition) is 5. The first kappa shape index (κ1) is 16.3. The highest BCUT2D eigenvalue weighted by molar-refractivity contribution is 5.76. The van der Waals surface area contributed by atoms with Gasteiger partial charge in [-0.25, -0.2) is 4.79 Å². The molecule has 2 rings (SSSR count). The number of esters is 1. The third kappa shape index (κ3) is 3.09. The minimum absolute atomic E-state index is 0.120. The summed E-state index contributed by atoms with van der Waals surface area (Å²) >= 11 is 0. The first-order valence-corrected chi connectivity index (χ1v) is 5.95. The molecule has 0 unspecified atom stereocenters. The number of piperidine rings is 1. The zero-order valence-electron chi connectivity index (χ0n) is 10.5. The summed E-state index contributed by atoms with van der Waals surface area (Å²) in [7, 11) is 0. The standard InChI is InChI=1S/C10H12F6N2O3/c11-9(12,13)7(19)21-8-2-5(17)1-6(3-20-4-8)18(8)10(14,15)16/h5-6H,1-4,17H2/t5-,6-,8+/m0/s1. The van der Waals surface area contributed by atoms with Crippen molar-refractivity contribution >= 4 is 5.97 Å². The molecule has 122 valence electrons. The maximum absolute atomic E-state index is 13.1. The number of hydrogen-bond donors (Lipinski definition) is 1. The maximum atomic E-state index is 13.1. The summed E-state index contributed by atoms with van der Waals surface area (Å²) in [5.74, 6) is -2.70. The van der Waals surface area contributed by atoms with Gasteiger partial charge in [-0.3, -0.25) is 0 Å². The molecule has 0 aliphatic carbocycles. The second-order valence-corrected chi connectivity index (χ2v) is 5.04. The molecule has 3 atom stereocenters. The molecule has 0 amide bonds. The highest BCUT2D eigenvalue weighted by Gasteiger charge is 2.63. The Kier molecular flexibility index (Phi) is 3.87. The van der Waals surface area contributed by atoms with Crippen molar-refractivity contribution in [1.29, 1.82) is 0 Å². The van der Waals surface area contributed by atoms with Crippen LogP contribution in [0.2, 0.25) is 0 Å². The quantitative estimate of drug-likeness (QED) is 0.445. The van der Waals surface area contributed by atoms with Crippen LogP contribution < -0.4 is 5.73 Å². The number of nitrogens with zero attached hydrogens (tertiary/aromatic N) is 1. The molecule has 2 saturated heterocycles. The molecule has 0 aromatic rings. The van der Waals surface area contributed by atoms with Gasteiger partial charge in [0, 0.05) is 18.5 Å². The van der Waals surface area contributed by atoms with Crippen LogP contribution in [0.3, 0.4) is 0 Å². The van der Waals surface area contributed by atoms with Crippen LogP contribution >= 0.6 is 0 Å². The third-order valence-electron chi connectivity index (χ3n) is 3.39. The molecule has 2 aliphatic heterocycles. The van der Waals surface area contributed by atoms with Gasteiger partial charge in [-0.05, 0) is 6.42 Å². The largest absolute Gasteiger partial charge is 0.490 e. The highest BCUT2D eigenvalue weighted by Crippen LogP contribution is 2.44. The Morgan fingerprint density at radius 2 is 1.90 bits per heavy atom. The summed E-state index contributed by atoms with van der Waals surface area (Å²) in [4.78, 5) is 10.8. The number of halogens is 6. The van der Waals surface area contributed by atoms with Crippen molar-refractivity contribution in [3.05, 3.63) is 0 Å². The van der Waals surface area contributed by atoms with Crippen LogP contribution in [0.4, 0.5) is 26.3 Å². The van der Waals surface area contributed by atoms with Crippen LogP contribution in [-0.4, -0.2) is 54.4 Å². The lowest BCUT2D eigenvalue weighted by Gasteiger charge is -2.54. The molecule has 0 saturated carbocycles. The fraction of sp³-hybridized carbons (Fsp3) is 0.900. The van der Waals surface area contributed by atoms with E-state index in [0.717, 1.165) is 0 Å². The number of carbonyl (C=O) groups is 1. The zero-order valence-corrected chi connectivity index (χ0v) is 10.5. The Hall–Kier alpha value is -1.07. The van der Waals surface area contributed by atoms with E-state index >= 15 is 0 Å². The Labute approximate surface area is 114 Å². The summed E-state index contributed by atoms with van der Waals surface area (Å²) in [6, 6.07) is -2.11. The molecular weight excluding hydrogens is 310 g/mol. The second-order valence-electron chi connectivity index (χ2n) is 5.04. The summed E-state index contributed by atoms with van der Waals surface area (Å²) < 4.78 is 85.4. The number of ether oxygens (including phenoxy) is 2. The van der Waals surface area contributed by atoms with Gasteiger partial charge in [0.15, 0.2) is 5.72 Å². The van der Waals surface area contributed by atoms with E-state index in [1.165, 1.54) is 0 Å². The summed E-state index contributed by atoms with van der Waals surface area (Å²) in [6.07, 6.45) is -11.1. The number of nitrogens with two attached hydrogens (primary N) is 1. The molecule has 0 radical (unpaired) electrons. The summed E-state index contributed by atoms with van der Waals surface area (Å²) in [5.41, 5.74) is 3.00. The van der Waals surface area contributed by atoms with Crippen LogP contribution in [-0.2, 0) is 14.3 Å². The van der Waals surface area contributed by atoms with Gasteiger partial charge in [-0.15, -0.1) is 0 Å². The normalized spacial score (nSPS) is 34.6. The Bertz CT molecular complexity index is 426. The van der Waals surface area contributed by atoms with Gasteiger partial charge in [-0.1, -0.05) is 0 Å². The van der Waals surface area contributed by atoms with Gasteiger partial charge in [0.2, 0.25) is 0 Å². The topological polar surface area (TPSA) is 64.8 Å². The Balaban J connectivity index is 2.36. The molecule has 0 spiro atoms. The number of morpholine rings is 1. The van der Waals surface area contributed by atoms with Gasteiger partial charge in [0.25, 0.3) is 0 Å². The SMILES string of the molecule is N[C@H]1C[C@H]2COC[C@](OC(=O)C(F)(F)F)(C1)N2C(F)(F)F. The number of fused-ring (bicyclic) bond motifs is 2. The molecule has 2 N–H and O–H groups in total. The Morgan fingerprint density at radius 3 is 2.43 bits per heavy atom. The fourth-order valence-corrected chi connectivity index (χ4v) is 2.79. The van der Waals surface area contributed by atoms with Crippen LogP contribution in [0.5, 0.6) is 0 Å². The smallest absolute Gasteiger partial charge is 0.434 e. The molecule has 2 aliphatic rings. The third-order valence-corrected chi connectivity index (χ3v) is 3.39. The van der Waals surface area contributed by atoms with E-state index in [9.17, 15) is 31.1 Å². The molecule has 2 bridgehead atoms. The van der Waals surface area contributed by atoms with E-state index in [1.54, 1.807) is 0 Å². The van der Waals surface area contributed by atoms with Crippen LogP contribution in [0.1, 0.15) is 12.8 Å². The monoisotopic (exact) mass is 322 g/mol. The molecular formula is C10H12F6N2O3. The average molecular weight is 322 g/mol. The number of rotatable bonds is 1. The average Bonchev–Trinajstić information content (AvgIpc) is 2.23. The predicted octanol–water partition coefficient (Wildman–Crippen LogP) is 1.13. The molecule has 5 nitrogen and oxygen atoms in total. The van der Waals surface area contributed by atoms with E-state index in [2.05, 4.69) is 4.74 Å². The van der Waals surface area contributed by atoms with Crippen LogP contribution in [0.25, 0.3) is 0 Å². The second kappa shape index (κ2) is 4.99. The van der Waals surface area contributed by atoms with Gasteiger partial charge in [0.05, 0.1) is 6.61 Å². The minimum Gasteiger partial charge on any atom is -0.434 e. The van der Waals surface area contributed by atoms with Crippen LogP contribution in [0, 0.1) is 0 Å². The van der Waals surface area contributed by atoms with Crippen molar-refractivity contribution in [3.8, 4) is 0 Å². The summed E-state index contributed by atoms with van der Waals surface area (Å²) in [5, 5.41) is 0. The first-order chi connectivity index (χ1) is 9.46. The van der Waals surface area contributed by atoms with E-state index < -0.39 is 49.3 Å². The molecule has 2 heterocycles. The molecule has 0 aromatic heterocycles. The van der Waals surface area contributed by atoms with Crippen molar-refractivity contribution in [2.45, 2.75) is 43.1 Å². The van der Waals surface area contributed by atoms with Crippen molar-refractivity contribution in [3.63, 3.8) is 0 Å². The van der Waals surface area contributed by atoms with Crippen molar-refractivity contribution in [2.75, 3.05) is 13.2 Å². The summed E-state index contributed by atoms with van der Waals surface area (Å²) in [6.45, 7) is -1.17. The van der Waals surface area contributed by atoms with Gasteiger partial charge in [-0.2, -0.15) is 31.2 Å². The fourth-order valence-electron chi connectivity index (χ4n) is 2.79. The van der Waals surface area contributed by atoms with E-state index in [1.807, 2.05) is 0 Å². The van der Waals surface area contributed by atoms with E-state index in [4.69, 9.17) is 10.5 Å². The van der Waals surface area contributed by atoms with E-state index in [0.29, 0.717) is 0 Å². The van der Waals surface area contributed by atoms with Gasteiger partial charge < -0.3 is 15.2 Å². The van der Waals surface area contributed by atoms with Crippen molar-refractivity contribution < 1.29 is 40.6 Å². The molecule has 11 heteroatoms. The Morgan fingerprint density at radius 1 is 1.29 bits per heavy atom. The lowest BCUT2D eigenvalue weighted by Crippen LogP contribution is -2.73. The van der Waals surface area contributed by atoms with Gasteiger partial charge in [0.1, 0.15) is 6.61 Å². The van der Waals surface area contributed by atoms with Crippen molar-refractivity contribution in [1.82, 2.24) is 4.90 Å². The number of alkyl halides is 6. The zero-order chi connectivity index (χ0) is 16.1. The lowest BCUT2D eigenvalue weighted by atomic mass is 9.88. The maximum Gasteiger partial charge on any atom is 0.490 e. The highest BCUT2D eigenvalue weighted by atomic mass is 19.4. The molecule has 0 aromatic carbocycles. The number of carbonyl (C=O) groups excluding carboxylic acids is 1. The van der Waals surface area contributed by atoms with E-state index in [-0.39, 0.29) is 17.9 Å².